The molecule has 1 amide bonds. The molecule has 156 valence electrons. The van der Waals surface area contributed by atoms with Crippen molar-refractivity contribution >= 4 is 22.9 Å². The first-order valence-corrected chi connectivity index (χ1v) is 10.2. The highest BCUT2D eigenvalue weighted by Crippen LogP contribution is 2.28. The molecule has 0 aliphatic rings. The molecule has 0 atom stereocenters. The summed E-state index contributed by atoms with van der Waals surface area (Å²) in [5.41, 5.74) is 5.55. The van der Waals surface area contributed by atoms with Gasteiger partial charge in [0, 0.05) is 5.56 Å². The van der Waals surface area contributed by atoms with Gasteiger partial charge in [-0.05, 0) is 53.8 Å². The number of rotatable bonds is 8. The van der Waals surface area contributed by atoms with Gasteiger partial charge in [-0.3, -0.25) is 4.79 Å². The van der Waals surface area contributed by atoms with E-state index in [1.165, 1.54) is 0 Å². The summed E-state index contributed by atoms with van der Waals surface area (Å²) in [7, 11) is 0. The predicted molar refractivity (Wildman–Crippen MR) is 122 cm³/mol. The third-order valence-corrected chi connectivity index (χ3v) is 4.76. The van der Waals surface area contributed by atoms with Gasteiger partial charge in [0.25, 0.3) is 5.91 Å². The van der Waals surface area contributed by atoms with Crippen molar-refractivity contribution in [2.45, 2.75) is 33.6 Å². The molecule has 3 aromatic rings. The molecule has 5 heteroatoms. The van der Waals surface area contributed by atoms with E-state index in [9.17, 15) is 4.79 Å². The molecular weight excluding hydrogens is 376 g/mol. The number of amides is 1. The Hall–Kier alpha value is -3.34. The highest BCUT2D eigenvalue weighted by Gasteiger charge is 2.11. The van der Waals surface area contributed by atoms with E-state index >= 15 is 0 Å². The predicted octanol–water partition coefficient (Wildman–Crippen LogP) is 5.20. The third-order valence-electron chi connectivity index (χ3n) is 4.76. The van der Waals surface area contributed by atoms with Gasteiger partial charge in [0.05, 0.1) is 12.8 Å². The number of ether oxygens (including phenoxy) is 2. The highest BCUT2D eigenvalue weighted by atomic mass is 16.5. The second kappa shape index (κ2) is 9.92. The Morgan fingerprint density at radius 1 is 1.07 bits per heavy atom. The highest BCUT2D eigenvalue weighted by molar-refractivity contribution is 6.02. The quantitative estimate of drug-likeness (QED) is 0.415. The van der Waals surface area contributed by atoms with Crippen molar-refractivity contribution in [1.29, 1.82) is 0 Å². The lowest BCUT2D eigenvalue weighted by Crippen LogP contribution is -2.25. The summed E-state index contributed by atoms with van der Waals surface area (Å²) >= 11 is 0. The molecule has 30 heavy (non-hydrogen) atoms. The van der Waals surface area contributed by atoms with Crippen LogP contribution in [0, 0.1) is 6.92 Å². The molecule has 0 aromatic heterocycles. The number of nitrogens with one attached hydrogen (secondary N) is 1. The number of carbonyl (C=O) groups excluding carboxylic acids is 1. The van der Waals surface area contributed by atoms with Gasteiger partial charge in [-0.15, -0.1) is 0 Å². The van der Waals surface area contributed by atoms with E-state index in [0.717, 1.165) is 39.0 Å². The molecule has 0 heterocycles. The van der Waals surface area contributed by atoms with Crippen molar-refractivity contribution in [3.8, 4) is 11.5 Å². The Morgan fingerprint density at radius 3 is 2.63 bits per heavy atom. The fourth-order valence-corrected chi connectivity index (χ4v) is 3.28. The van der Waals surface area contributed by atoms with Gasteiger partial charge < -0.3 is 9.47 Å². The van der Waals surface area contributed by atoms with Crippen LogP contribution < -0.4 is 14.9 Å². The van der Waals surface area contributed by atoms with Crippen LogP contribution in [0.3, 0.4) is 0 Å². The molecule has 0 spiro atoms. The zero-order valence-corrected chi connectivity index (χ0v) is 17.9. The Bertz CT molecular complexity index is 1060. The number of benzene rings is 3. The van der Waals surface area contributed by atoms with E-state index in [2.05, 4.69) is 24.4 Å². The third kappa shape index (κ3) is 5.17. The van der Waals surface area contributed by atoms with Crippen molar-refractivity contribution in [1.82, 2.24) is 5.43 Å². The van der Waals surface area contributed by atoms with Crippen molar-refractivity contribution in [3.05, 3.63) is 71.3 Å². The summed E-state index contributed by atoms with van der Waals surface area (Å²) in [5.74, 6) is 1.45. The number of nitrogens with zero attached hydrogens (tertiary/aromatic N) is 1. The maximum absolute atomic E-state index is 12.3. The van der Waals surface area contributed by atoms with Crippen molar-refractivity contribution in [2.24, 2.45) is 5.10 Å². The van der Waals surface area contributed by atoms with Crippen molar-refractivity contribution in [2.75, 3.05) is 13.2 Å². The number of hydrogen-bond donors (Lipinski definition) is 1. The monoisotopic (exact) mass is 404 g/mol. The van der Waals surface area contributed by atoms with E-state index in [1.54, 1.807) is 6.21 Å². The van der Waals surface area contributed by atoms with E-state index in [-0.39, 0.29) is 12.5 Å². The Kier molecular flexibility index (Phi) is 7.07. The molecule has 1 N–H and O–H groups in total. The van der Waals surface area contributed by atoms with Crippen LogP contribution in [-0.2, 0) is 4.79 Å². The van der Waals surface area contributed by atoms with Crippen LogP contribution in [-0.4, -0.2) is 25.3 Å². The average Bonchev–Trinajstić information content (AvgIpc) is 2.73. The van der Waals surface area contributed by atoms with E-state index in [4.69, 9.17) is 9.47 Å². The Balaban J connectivity index is 1.70. The van der Waals surface area contributed by atoms with Crippen LogP contribution in [0.4, 0.5) is 0 Å². The fraction of sp³-hybridized carbons (Fsp3) is 0.280. The lowest BCUT2D eigenvalue weighted by molar-refractivity contribution is -0.123. The summed E-state index contributed by atoms with van der Waals surface area (Å²) in [4.78, 5) is 12.3. The number of hydrogen-bond acceptors (Lipinski definition) is 4. The first-order valence-electron chi connectivity index (χ1n) is 10.2. The SMILES string of the molecule is CCOc1ccc2ccccc2c1C=NNC(=O)COc1cc(C)ccc1C(C)C. The van der Waals surface area contributed by atoms with Gasteiger partial charge >= 0.3 is 0 Å². The molecule has 0 fully saturated rings. The molecule has 0 saturated heterocycles. The molecule has 3 rings (SSSR count). The zero-order valence-electron chi connectivity index (χ0n) is 17.9. The molecule has 0 aliphatic carbocycles. The van der Waals surface area contributed by atoms with Crippen molar-refractivity contribution in [3.63, 3.8) is 0 Å². The Morgan fingerprint density at radius 2 is 1.87 bits per heavy atom. The minimum atomic E-state index is -0.319. The molecule has 0 bridgehead atoms. The summed E-state index contributed by atoms with van der Waals surface area (Å²) in [6, 6.07) is 18.0. The van der Waals surface area contributed by atoms with Gasteiger partial charge in [0.15, 0.2) is 6.61 Å². The molecule has 3 aromatic carbocycles. The van der Waals surface area contributed by atoms with Crippen LogP contribution in [0.15, 0.2) is 59.7 Å². The first kappa shape index (κ1) is 21.4. The van der Waals surface area contributed by atoms with Gasteiger partial charge in [-0.1, -0.05) is 56.3 Å². The first-order chi connectivity index (χ1) is 14.5. The van der Waals surface area contributed by atoms with Crippen LogP contribution >= 0.6 is 0 Å². The standard InChI is InChI=1S/C25H28N2O3/c1-5-29-23-13-11-19-8-6-7-9-21(19)22(23)15-26-27-25(28)16-30-24-14-18(4)10-12-20(24)17(2)3/h6-15,17H,5,16H2,1-4H3,(H,27,28). The van der Waals surface area contributed by atoms with E-state index in [1.807, 2.05) is 68.4 Å². The maximum Gasteiger partial charge on any atom is 0.277 e. The van der Waals surface area contributed by atoms with Gasteiger partial charge in [0.2, 0.25) is 0 Å². The topological polar surface area (TPSA) is 59.9 Å². The summed E-state index contributed by atoms with van der Waals surface area (Å²) in [6.07, 6.45) is 1.62. The second-order valence-corrected chi connectivity index (χ2v) is 7.41. The number of fused-ring (bicyclic) bond motifs is 1. The van der Waals surface area contributed by atoms with Gasteiger partial charge in [-0.25, -0.2) is 5.43 Å². The molecular formula is C25H28N2O3. The minimum absolute atomic E-state index is 0.103. The van der Waals surface area contributed by atoms with E-state index < -0.39 is 0 Å². The second-order valence-electron chi connectivity index (χ2n) is 7.41. The number of hydrazone groups is 1. The lowest BCUT2D eigenvalue weighted by atomic mass is 10.0. The largest absolute Gasteiger partial charge is 0.493 e. The minimum Gasteiger partial charge on any atom is -0.493 e. The summed E-state index contributed by atoms with van der Waals surface area (Å²) in [5, 5.41) is 6.23. The average molecular weight is 405 g/mol. The zero-order chi connectivity index (χ0) is 21.5. The maximum atomic E-state index is 12.3. The van der Waals surface area contributed by atoms with Crippen molar-refractivity contribution < 1.29 is 14.3 Å². The molecule has 0 radical (unpaired) electrons. The van der Waals surface area contributed by atoms with Crippen LogP contribution in [0.5, 0.6) is 11.5 Å². The summed E-state index contributed by atoms with van der Waals surface area (Å²) < 4.78 is 11.5. The van der Waals surface area contributed by atoms with Crippen LogP contribution in [0.1, 0.15) is 43.4 Å². The van der Waals surface area contributed by atoms with E-state index in [0.29, 0.717) is 12.5 Å². The molecule has 5 nitrogen and oxygen atoms in total. The number of aryl methyl sites for hydroxylation is 1. The summed E-state index contributed by atoms with van der Waals surface area (Å²) in [6.45, 7) is 8.58. The number of carbonyl (C=O) groups is 1. The fourth-order valence-electron chi connectivity index (χ4n) is 3.28. The molecule has 0 aliphatic heterocycles. The van der Waals surface area contributed by atoms with Gasteiger partial charge in [-0.2, -0.15) is 5.10 Å². The molecule has 0 saturated carbocycles. The lowest BCUT2D eigenvalue weighted by Gasteiger charge is -2.14. The smallest absolute Gasteiger partial charge is 0.277 e. The van der Waals surface area contributed by atoms with Crippen LogP contribution in [0.25, 0.3) is 10.8 Å². The Labute approximate surface area is 177 Å². The normalized spacial score (nSPS) is 11.2. The van der Waals surface area contributed by atoms with Gasteiger partial charge in [0.1, 0.15) is 11.5 Å². The molecule has 0 unspecified atom stereocenters. The van der Waals surface area contributed by atoms with Crippen LogP contribution in [0.2, 0.25) is 0 Å².